The van der Waals surface area contributed by atoms with Crippen molar-refractivity contribution in [1.29, 1.82) is 0 Å². The minimum Gasteiger partial charge on any atom is -0.398 e. The van der Waals surface area contributed by atoms with E-state index in [4.69, 9.17) is 5.73 Å². The van der Waals surface area contributed by atoms with Crippen molar-refractivity contribution in [3.8, 4) is 0 Å². The predicted octanol–water partition coefficient (Wildman–Crippen LogP) is 3.34. The highest BCUT2D eigenvalue weighted by atomic mass is 14.6. The van der Waals surface area contributed by atoms with Gasteiger partial charge in [0.15, 0.2) is 0 Å². The summed E-state index contributed by atoms with van der Waals surface area (Å²) in [6, 6.07) is 6.26. The van der Waals surface area contributed by atoms with Gasteiger partial charge < -0.3 is 11.9 Å². The molecule has 1 rings (SSSR count). The first kappa shape index (κ1) is 13.0. The highest BCUT2D eigenvalue weighted by Gasteiger charge is 2.03. The van der Waals surface area contributed by atoms with Crippen molar-refractivity contribution in [2.45, 2.75) is 39.5 Å². The van der Waals surface area contributed by atoms with Gasteiger partial charge in [-0.2, -0.15) is 0 Å². The number of benzene rings is 1. The maximum absolute atomic E-state index is 5.94. The van der Waals surface area contributed by atoms with Gasteiger partial charge in [0.05, 0.1) is 0 Å². The van der Waals surface area contributed by atoms with Crippen molar-refractivity contribution in [3.63, 3.8) is 0 Å². The van der Waals surface area contributed by atoms with E-state index in [9.17, 15) is 0 Å². The summed E-state index contributed by atoms with van der Waals surface area (Å²) in [4.78, 5) is 0. The first-order valence-corrected chi connectivity index (χ1v) is 5.15. The van der Waals surface area contributed by atoms with Crippen LogP contribution in [0.5, 0.6) is 0 Å². The molecule has 0 radical (unpaired) electrons. The van der Waals surface area contributed by atoms with Crippen LogP contribution in [-0.2, 0) is 12.8 Å². The SMILES string of the molecule is CCCc1cccc(N)c1CCC.N. The van der Waals surface area contributed by atoms with Crippen LogP contribution in [0.3, 0.4) is 0 Å². The lowest BCUT2D eigenvalue weighted by atomic mass is 9.98. The monoisotopic (exact) mass is 194 g/mol. The van der Waals surface area contributed by atoms with E-state index in [2.05, 4.69) is 26.0 Å². The summed E-state index contributed by atoms with van der Waals surface area (Å²) in [5.74, 6) is 0. The minimum atomic E-state index is 0. The summed E-state index contributed by atoms with van der Waals surface area (Å²) in [5.41, 5.74) is 9.71. The number of aryl methyl sites for hydroxylation is 1. The first-order valence-electron chi connectivity index (χ1n) is 5.15. The molecule has 80 valence electrons. The molecule has 0 aliphatic heterocycles. The number of nitrogens with two attached hydrogens (primary N) is 1. The van der Waals surface area contributed by atoms with Crippen LogP contribution >= 0.6 is 0 Å². The van der Waals surface area contributed by atoms with E-state index in [-0.39, 0.29) is 6.15 Å². The summed E-state index contributed by atoms with van der Waals surface area (Å²) in [6.07, 6.45) is 4.63. The van der Waals surface area contributed by atoms with Crippen LogP contribution in [0, 0.1) is 0 Å². The maximum atomic E-state index is 5.94. The Hall–Kier alpha value is -1.02. The molecule has 5 N–H and O–H groups in total. The molecule has 0 atom stereocenters. The Kier molecular flexibility index (Phi) is 5.97. The molecule has 0 aliphatic rings. The van der Waals surface area contributed by atoms with E-state index in [1.54, 1.807) is 0 Å². The van der Waals surface area contributed by atoms with Crippen LogP contribution in [0.2, 0.25) is 0 Å². The van der Waals surface area contributed by atoms with Gasteiger partial charge in [0.25, 0.3) is 0 Å². The highest BCUT2D eigenvalue weighted by molar-refractivity contribution is 5.51. The summed E-state index contributed by atoms with van der Waals surface area (Å²) < 4.78 is 0. The Morgan fingerprint density at radius 3 is 2.29 bits per heavy atom. The fraction of sp³-hybridized carbons (Fsp3) is 0.500. The van der Waals surface area contributed by atoms with Crippen LogP contribution in [0.1, 0.15) is 37.8 Å². The first-order chi connectivity index (χ1) is 6.29. The van der Waals surface area contributed by atoms with Crippen LogP contribution in [0.15, 0.2) is 18.2 Å². The molecule has 0 bridgehead atoms. The Bertz CT molecular complexity index is 269. The number of rotatable bonds is 4. The topological polar surface area (TPSA) is 61.0 Å². The van der Waals surface area contributed by atoms with Crippen molar-refractivity contribution in [1.82, 2.24) is 6.15 Å². The molecule has 0 heterocycles. The van der Waals surface area contributed by atoms with Crippen molar-refractivity contribution in [2.75, 3.05) is 5.73 Å². The van der Waals surface area contributed by atoms with Crippen molar-refractivity contribution >= 4 is 5.69 Å². The number of nitrogen functional groups attached to an aromatic ring is 1. The smallest absolute Gasteiger partial charge is 0.0349 e. The Morgan fingerprint density at radius 1 is 1.07 bits per heavy atom. The molecule has 0 saturated carbocycles. The molecule has 0 aromatic heterocycles. The molecule has 0 unspecified atom stereocenters. The van der Waals surface area contributed by atoms with Gasteiger partial charge in [0, 0.05) is 5.69 Å². The number of anilines is 1. The molecule has 2 nitrogen and oxygen atoms in total. The largest absolute Gasteiger partial charge is 0.398 e. The zero-order valence-corrected chi connectivity index (χ0v) is 9.34. The third-order valence-electron chi connectivity index (χ3n) is 2.33. The zero-order valence-electron chi connectivity index (χ0n) is 9.34. The van der Waals surface area contributed by atoms with Crippen molar-refractivity contribution in [2.24, 2.45) is 0 Å². The Balaban J connectivity index is 0.00000169. The molecule has 0 amide bonds. The van der Waals surface area contributed by atoms with Gasteiger partial charge in [-0.25, -0.2) is 0 Å². The van der Waals surface area contributed by atoms with E-state index in [1.807, 2.05) is 6.07 Å². The summed E-state index contributed by atoms with van der Waals surface area (Å²) >= 11 is 0. The minimum absolute atomic E-state index is 0. The second-order valence-corrected chi connectivity index (χ2v) is 3.48. The van der Waals surface area contributed by atoms with Crippen molar-refractivity contribution in [3.05, 3.63) is 29.3 Å². The maximum Gasteiger partial charge on any atom is 0.0349 e. The number of hydrogen-bond acceptors (Lipinski definition) is 2. The average molecular weight is 194 g/mol. The van der Waals surface area contributed by atoms with Crippen LogP contribution < -0.4 is 11.9 Å². The Morgan fingerprint density at radius 2 is 1.71 bits per heavy atom. The fourth-order valence-electron chi connectivity index (χ4n) is 1.71. The van der Waals surface area contributed by atoms with Gasteiger partial charge in [-0.3, -0.25) is 0 Å². The molecular formula is C12H22N2. The standard InChI is InChI=1S/C12H19N.H3N/c1-3-6-10-8-5-9-12(13)11(10)7-4-2;/h5,8-9H,3-4,6-7,13H2,1-2H3;1H3. The van der Waals surface area contributed by atoms with Crippen molar-refractivity contribution < 1.29 is 0 Å². The highest BCUT2D eigenvalue weighted by Crippen LogP contribution is 2.20. The van der Waals surface area contributed by atoms with E-state index < -0.39 is 0 Å². The molecule has 14 heavy (non-hydrogen) atoms. The quantitative estimate of drug-likeness (QED) is 0.722. The Labute approximate surface area is 87.1 Å². The molecule has 0 saturated heterocycles. The molecule has 0 spiro atoms. The normalized spacial score (nSPS) is 9.57. The predicted molar refractivity (Wildman–Crippen MR) is 63.9 cm³/mol. The molecule has 0 aliphatic carbocycles. The van der Waals surface area contributed by atoms with Crippen LogP contribution in [0.4, 0.5) is 5.69 Å². The second-order valence-electron chi connectivity index (χ2n) is 3.48. The third-order valence-corrected chi connectivity index (χ3v) is 2.33. The lowest BCUT2D eigenvalue weighted by molar-refractivity contribution is 0.863. The molecule has 0 fully saturated rings. The molecule has 1 aromatic carbocycles. The van der Waals surface area contributed by atoms with E-state index in [1.165, 1.54) is 24.0 Å². The lowest BCUT2D eigenvalue weighted by Crippen LogP contribution is -1.99. The van der Waals surface area contributed by atoms with Gasteiger partial charge in [0.1, 0.15) is 0 Å². The van der Waals surface area contributed by atoms with Gasteiger partial charge >= 0.3 is 0 Å². The molecule has 1 aromatic rings. The summed E-state index contributed by atoms with van der Waals surface area (Å²) in [6.45, 7) is 4.40. The fourth-order valence-corrected chi connectivity index (χ4v) is 1.71. The summed E-state index contributed by atoms with van der Waals surface area (Å²) in [7, 11) is 0. The van der Waals surface area contributed by atoms with Gasteiger partial charge in [-0.1, -0.05) is 38.8 Å². The second kappa shape index (κ2) is 6.44. The summed E-state index contributed by atoms with van der Waals surface area (Å²) in [5, 5.41) is 0. The third kappa shape index (κ3) is 3.04. The number of hydrogen-bond donors (Lipinski definition) is 2. The lowest BCUT2D eigenvalue weighted by Gasteiger charge is -2.10. The van der Waals surface area contributed by atoms with E-state index in [0.29, 0.717) is 0 Å². The van der Waals surface area contributed by atoms with Gasteiger partial charge in [-0.05, 0) is 30.0 Å². The van der Waals surface area contributed by atoms with Gasteiger partial charge in [-0.15, -0.1) is 0 Å². The van der Waals surface area contributed by atoms with E-state index >= 15 is 0 Å². The zero-order chi connectivity index (χ0) is 9.68. The molecule has 2 heteroatoms. The van der Waals surface area contributed by atoms with Crippen LogP contribution in [0.25, 0.3) is 0 Å². The molecular weight excluding hydrogens is 172 g/mol. The van der Waals surface area contributed by atoms with Crippen LogP contribution in [-0.4, -0.2) is 0 Å². The van der Waals surface area contributed by atoms with E-state index in [0.717, 1.165) is 18.5 Å². The van der Waals surface area contributed by atoms with Gasteiger partial charge in [0.2, 0.25) is 0 Å². The average Bonchev–Trinajstić information content (AvgIpc) is 2.11.